The summed E-state index contributed by atoms with van der Waals surface area (Å²) < 4.78 is 5.40. The van der Waals surface area contributed by atoms with E-state index < -0.39 is 0 Å². The summed E-state index contributed by atoms with van der Waals surface area (Å²) in [5, 5.41) is 6.75. The van der Waals surface area contributed by atoms with Crippen LogP contribution in [-0.4, -0.2) is 26.2 Å². The van der Waals surface area contributed by atoms with Crippen molar-refractivity contribution in [1.82, 2.24) is 5.32 Å². The van der Waals surface area contributed by atoms with Crippen LogP contribution >= 0.6 is 0 Å². The second kappa shape index (κ2) is 6.10. The summed E-state index contributed by atoms with van der Waals surface area (Å²) in [6.45, 7) is 9.64. The van der Waals surface area contributed by atoms with Crippen LogP contribution in [0.1, 0.15) is 39.2 Å². The van der Waals surface area contributed by atoms with Gasteiger partial charge in [-0.25, -0.2) is 0 Å². The SMILES string of the molecule is CNCC(C)(C)Nc1ccc(OC)c(C(C)C)c1. The standard InChI is InChI=1S/C15H26N2O/c1-11(2)13-9-12(7-8-14(13)18-6)17-15(3,4)10-16-5/h7-9,11,16-17H,10H2,1-6H3. The molecule has 0 radical (unpaired) electrons. The number of anilines is 1. The van der Waals surface area contributed by atoms with Gasteiger partial charge in [-0.2, -0.15) is 0 Å². The highest BCUT2D eigenvalue weighted by Crippen LogP contribution is 2.30. The molecule has 1 rings (SSSR count). The van der Waals surface area contributed by atoms with Gasteiger partial charge in [-0.3, -0.25) is 0 Å². The van der Waals surface area contributed by atoms with E-state index in [9.17, 15) is 0 Å². The lowest BCUT2D eigenvalue weighted by Crippen LogP contribution is -2.40. The van der Waals surface area contributed by atoms with Crippen LogP contribution in [0.15, 0.2) is 18.2 Å². The molecule has 0 aliphatic heterocycles. The van der Waals surface area contributed by atoms with Crippen molar-refractivity contribution < 1.29 is 4.74 Å². The number of likely N-dealkylation sites (N-methyl/N-ethyl adjacent to an activating group) is 1. The van der Waals surface area contributed by atoms with E-state index in [1.54, 1.807) is 7.11 Å². The zero-order valence-corrected chi connectivity index (χ0v) is 12.4. The van der Waals surface area contributed by atoms with Gasteiger partial charge in [0.05, 0.1) is 7.11 Å². The highest BCUT2D eigenvalue weighted by atomic mass is 16.5. The van der Waals surface area contributed by atoms with Crippen LogP contribution in [0.5, 0.6) is 5.75 Å². The van der Waals surface area contributed by atoms with Crippen LogP contribution in [0, 0.1) is 0 Å². The van der Waals surface area contributed by atoms with E-state index in [4.69, 9.17) is 4.74 Å². The normalized spacial score (nSPS) is 11.7. The fourth-order valence-corrected chi connectivity index (χ4v) is 2.14. The van der Waals surface area contributed by atoms with Crippen molar-refractivity contribution in [3.63, 3.8) is 0 Å². The van der Waals surface area contributed by atoms with Crippen LogP contribution in [0.2, 0.25) is 0 Å². The molecular formula is C15H26N2O. The van der Waals surface area contributed by atoms with Gasteiger partial charge < -0.3 is 15.4 Å². The second-order valence-electron chi connectivity index (χ2n) is 5.65. The molecule has 1 aromatic carbocycles. The predicted molar refractivity (Wildman–Crippen MR) is 78.7 cm³/mol. The summed E-state index contributed by atoms with van der Waals surface area (Å²) in [4.78, 5) is 0. The number of benzene rings is 1. The molecule has 0 bridgehead atoms. The smallest absolute Gasteiger partial charge is 0.122 e. The number of rotatable bonds is 6. The molecular weight excluding hydrogens is 224 g/mol. The van der Waals surface area contributed by atoms with Gasteiger partial charge in [0.15, 0.2) is 0 Å². The summed E-state index contributed by atoms with van der Waals surface area (Å²) >= 11 is 0. The van der Waals surface area contributed by atoms with Crippen molar-refractivity contribution >= 4 is 5.69 Å². The highest BCUT2D eigenvalue weighted by Gasteiger charge is 2.17. The molecule has 0 aliphatic rings. The molecule has 2 N–H and O–H groups in total. The Kier molecular flexibility index (Phi) is 5.03. The largest absolute Gasteiger partial charge is 0.496 e. The van der Waals surface area contributed by atoms with E-state index >= 15 is 0 Å². The Labute approximate surface area is 111 Å². The third-order valence-electron chi connectivity index (χ3n) is 2.95. The fraction of sp³-hybridized carbons (Fsp3) is 0.600. The third kappa shape index (κ3) is 3.91. The first-order valence-electron chi connectivity index (χ1n) is 6.50. The average Bonchev–Trinajstić information content (AvgIpc) is 2.28. The Bertz CT molecular complexity index is 386. The lowest BCUT2D eigenvalue weighted by Gasteiger charge is -2.28. The molecule has 1 aromatic rings. The van der Waals surface area contributed by atoms with Gasteiger partial charge in [-0.05, 0) is 50.6 Å². The Morgan fingerprint density at radius 2 is 1.94 bits per heavy atom. The van der Waals surface area contributed by atoms with Gasteiger partial charge in [0, 0.05) is 17.8 Å². The molecule has 0 unspecified atom stereocenters. The predicted octanol–water partition coefficient (Wildman–Crippen LogP) is 3.23. The zero-order valence-electron chi connectivity index (χ0n) is 12.4. The molecule has 0 saturated heterocycles. The Hall–Kier alpha value is -1.22. The maximum absolute atomic E-state index is 5.40. The first-order chi connectivity index (χ1) is 8.39. The first-order valence-corrected chi connectivity index (χ1v) is 6.50. The van der Waals surface area contributed by atoms with Crippen LogP contribution in [0.4, 0.5) is 5.69 Å². The Morgan fingerprint density at radius 3 is 2.44 bits per heavy atom. The van der Waals surface area contributed by atoms with Gasteiger partial charge in [-0.15, -0.1) is 0 Å². The van der Waals surface area contributed by atoms with Gasteiger partial charge in [0.25, 0.3) is 0 Å². The molecule has 0 spiro atoms. The van der Waals surface area contributed by atoms with Gasteiger partial charge in [0.1, 0.15) is 5.75 Å². The molecule has 0 amide bonds. The van der Waals surface area contributed by atoms with Crippen molar-refractivity contribution in [2.24, 2.45) is 0 Å². The zero-order chi connectivity index (χ0) is 13.8. The fourth-order valence-electron chi connectivity index (χ4n) is 2.14. The third-order valence-corrected chi connectivity index (χ3v) is 2.95. The minimum Gasteiger partial charge on any atom is -0.496 e. The van der Waals surface area contributed by atoms with Crippen molar-refractivity contribution in [1.29, 1.82) is 0 Å². The molecule has 0 aliphatic carbocycles. The number of hydrogen-bond donors (Lipinski definition) is 2. The molecule has 0 atom stereocenters. The van der Waals surface area contributed by atoms with Crippen molar-refractivity contribution in [2.45, 2.75) is 39.2 Å². The lowest BCUT2D eigenvalue weighted by atomic mass is 10.00. The minimum atomic E-state index is 0.0254. The quantitative estimate of drug-likeness (QED) is 0.813. The lowest BCUT2D eigenvalue weighted by molar-refractivity contribution is 0.407. The van der Waals surface area contributed by atoms with E-state index in [1.807, 2.05) is 13.1 Å². The van der Waals surface area contributed by atoms with Crippen LogP contribution in [-0.2, 0) is 0 Å². The van der Waals surface area contributed by atoms with Crippen LogP contribution in [0.25, 0.3) is 0 Å². The average molecular weight is 250 g/mol. The number of methoxy groups -OCH3 is 1. The van der Waals surface area contributed by atoms with E-state index in [0.29, 0.717) is 5.92 Å². The molecule has 18 heavy (non-hydrogen) atoms. The molecule has 3 heteroatoms. The molecule has 0 aromatic heterocycles. The van der Waals surface area contributed by atoms with Crippen LogP contribution in [0.3, 0.4) is 0 Å². The second-order valence-corrected chi connectivity index (χ2v) is 5.65. The monoisotopic (exact) mass is 250 g/mol. The number of hydrogen-bond acceptors (Lipinski definition) is 3. The summed E-state index contributed by atoms with van der Waals surface area (Å²) in [7, 11) is 3.69. The van der Waals surface area contributed by atoms with E-state index in [-0.39, 0.29) is 5.54 Å². The molecule has 0 fully saturated rings. The van der Waals surface area contributed by atoms with E-state index in [1.165, 1.54) is 5.56 Å². The molecule has 0 saturated carbocycles. The molecule has 3 nitrogen and oxygen atoms in total. The molecule has 0 heterocycles. The summed E-state index contributed by atoms with van der Waals surface area (Å²) in [6, 6.07) is 6.29. The summed E-state index contributed by atoms with van der Waals surface area (Å²) in [6.07, 6.45) is 0. The number of ether oxygens (including phenoxy) is 1. The van der Waals surface area contributed by atoms with Gasteiger partial charge in [-0.1, -0.05) is 13.8 Å². The maximum Gasteiger partial charge on any atom is 0.122 e. The Balaban J connectivity index is 2.95. The highest BCUT2D eigenvalue weighted by molar-refractivity contribution is 5.53. The van der Waals surface area contributed by atoms with Crippen molar-refractivity contribution in [3.8, 4) is 5.75 Å². The van der Waals surface area contributed by atoms with Crippen LogP contribution < -0.4 is 15.4 Å². The summed E-state index contributed by atoms with van der Waals surface area (Å²) in [5.74, 6) is 1.41. The maximum atomic E-state index is 5.40. The number of nitrogens with one attached hydrogen (secondary N) is 2. The van der Waals surface area contributed by atoms with E-state index in [2.05, 4.69) is 50.5 Å². The molecule has 102 valence electrons. The minimum absolute atomic E-state index is 0.0254. The summed E-state index contributed by atoms with van der Waals surface area (Å²) in [5.41, 5.74) is 2.40. The Morgan fingerprint density at radius 1 is 1.28 bits per heavy atom. The van der Waals surface area contributed by atoms with Crippen molar-refractivity contribution in [3.05, 3.63) is 23.8 Å². The van der Waals surface area contributed by atoms with Gasteiger partial charge in [0.2, 0.25) is 0 Å². The van der Waals surface area contributed by atoms with Gasteiger partial charge >= 0.3 is 0 Å². The van der Waals surface area contributed by atoms with Crippen molar-refractivity contribution in [2.75, 3.05) is 26.0 Å². The van der Waals surface area contributed by atoms with E-state index in [0.717, 1.165) is 18.0 Å². The topological polar surface area (TPSA) is 33.3 Å². The first kappa shape index (κ1) is 14.8.